The van der Waals surface area contributed by atoms with Crippen LogP contribution in [0.2, 0.25) is 0 Å². The predicted molar refractivity (Wildman–Crippen MR) is 101 cm³/mol. The first-order valence-corrected chi connectivity index (χ1v) is 8.80. The zero-order valence-electron chi connectivity index (χ0n) is 15.2. The average Bonchev–Trinajstić information content (AvgIpc) is 3.44. The molecule has 2 aromatic rings. The molecule has 0 heterocycles. The molecule has 1 fully saturated rings. The lowest BCUT2D eigenvalue weighted by Gasteiger charge is -2.22. The second kappa shape index (κ2) is 7.70. The minimum Gasteiger partial charge on any atom is -0.497 e. The van der Waals surface area contributed by atoms with Gasteiger partial charge in [0.1, 0.15) is 5.75 Å². The van der Waals surface area contributed by atoms with Crippen molar-refractivity contribution in [1.82, 2.24) is 4.90 Å². The molecule has 1 N–H and O–H groups in total. The SMILES string of the molecule is COc1ccc(CN(CC(=O)Nc2cccc(C)c2C)C2CC2)cc1. The van der Waals surface area contributed by atoms with Crippen LogP contribution in [0.5, 0.6) is 5.75 Å². The van der Waals surface area contributed by atoms with Crippen molar-refractivity contribution in [3.05, 3.63) is 59.2 Å². The molecule has 4 nitrogen and oxygen atoms in total. The van der Waals surface area contributed by atoms with E-state index in [1.165, 1.54) is 24.0 Å². The molecular weight excluding hydrogens is 312 g/mol. The van der Waals surface area contributed by atoms with Crippen molar-refractivity contribution in [3.63, 3.8) is 0 Å². The highest BCUT2D eigenvalue weighted by Gasteiger charge is 2.30. The third kappa shape index (κ3) is 4.60. The van der Waals surface area contributed by atoms with Gasteiger partial charge in [0.15, 0.2) is 0 Å². The fourth-order valence-corrected chi connectivity index (χ4v) is 2.98. The van der Waals surface area contributed by atoms with Gasteiger partial charge in [-0.05, 0) is 61.6 Å². The summed E-state index contributed by atoms with van der Waals surface area (Å²) in [4.78, 5) is 14.8. The largest absolute Gasteiger partial charge is 0.497 e. The molecule has 0 unspecified atom stereocenters. The molecule has 132 valence electrons. The summed E-state index contributed by atoms with van der Waals surface area (Å²) in [5.74, 6) is 0.906. The van der Waals surface area contributed by atoms with Gasteiger partial charge in [-0.2, -0.15) is 0 Å². The highest BCUT2D eigenvalue weighted by atomic mass is 16.5. The molecule has 3 rings (SSSR count). The van der Waals surface area contributed by atoms with Crippen LogP contribution in [0.25, 0.3) is 0 Å². The third-order valence-electron chi connectivity index (χ3n) is 4.83. The molecule has 0 atom stereocenters. The minimum atomic E-state index is 0.0501. The quantitative estimate of drug-likeness (QED) is 0.832. The zero-order valence-corrected chi connectivity index (χ0v) is 15.2. The van der Waals surface area contributed by atoms with Crippen LogP contribution >= 0.6 is 0 Å². The Balaban J connectivity index is 1.63. The summed E-state index contributed by atoms with van der Waals surface area (Å²) in [6.45, 7) is 5.31. The molecule has 0 saturated heterocycles. The van der Waals surface area contributed by atoms with Gasteiger partial charge in [-0.1, -0.05) is 24.3 Å². The number of hydrogen-bond donors (Lipinski definition) is 1. The Morgan fingerprint density at radius 1 is 1.16 bits per heavy atom. The van der Waals surface area contributed by atoms with Gasteiger partial charge in [-0.3, -0.25) is 9.69 Å². The average molecular weight is 338 g/mol. The third-order valence-corrected chi connectivity index (χ3v) is 4.83. The van der Waals surface area contributed by atoms with Crippen molar-refractivity contribution >= 4 is 11.6 Å². The number of amides is 1. The van der Waals surface area contributed by atoms with E-state index in [2.05, 4.69) is 35.3 Å². The minimum absolute atomic E-state index is 0.0501. The van der Waals surface area contributed by atoms with E-state index < -0.39 is 0 Å². The molecule has 1 amide bonds. The summed E-state index contributed by atoms with van der Waals surface area (Å²) in [6.07, 6.45) is 2.35. The van der Waals surface area contributed by atoms with Crippen LogP contribution in [-0.4, -0.2) is 30.5 Å². The number of hydrogen-bond acceptors (Lipinski definition) is 3. The van der Waals surface area contributed by atoms with Crippen molar-refractivity contribution < 1.29 is 9.53 Å². The summed E-state index contributed by atoms with van der Waals surface area (Å²) in [6, 6.07) is 14.6. The van der Waals surface area contributed by atoms with Crippen LogP contribution in [0.4, 0.5) is 5.69 Å². The topological polar surface area (TPSA) is 41.6 Å². The number of anilines is 1. The van der Waals surface area contributed by atoms with E-state index in [1.54, 1.807) is 7.11 Å². The molecule has 0 spiro atoms. The first kappa shape index (κ1) is 17.5. The summed E-state index contributed by atoms with van der Waals surface area (Å²) >= 11 is 0. The molecular formula is C21H26N2O2. The van der Waals surface area contributed by atoms with E-state index in [-0.39, 0.29) is 5.91 Å². The van der Waals surface area contributed by atoms with Gasteiger partial charge in [-0.25, -0.2) is 0 Å². The van der Waals surface area contributed by atoms with Crippen LogP contribution in [0.1, 0.15) is 29.5 Å². The van der Waals surface area contributed by atoms with Gasteiger partial charge in [0.05, 0.1) is 13.7 Å². The van der Waals surface area contributed by atoms with Crippen molar-refractivity contribution in [2.45, 2.75) is 39.3 Å². The zero-order chi connectivity index (χ0) is 17.8. The number of nitrogens with one attached hydrogen (secondary N) is 1. The first-order chi connectivity index (χ1) is 12.1. The Morgan fingerprint density at radius 2 is 1.88 bits per heavy atom. The van der Waals surface area contributed by atoms with Crippen molar-refractivity contribution in [3.8, 4) is 5.75 Å². The fourth-order valence-electron chi connectivity index (χ4n) is 2.98. The highest BCUT2D eigenvalue weighted by Crippen LogP contribution is 2.28. The highest BCUT2D eigenvalue weighted by molar-refractivity contribution is 5.93. The summed E-state index contributed by atoms with van der Waals surface area (Å²) in [5, 5.41) is 3.07. The number of methoxy groups -OCH3 is 1. The smallest absolute Gasteiger partial charge is 0.238 e. The van der Waals surface area contributed by atoms with E-state index in [1.807, 2.05) is 31.2 Å². The van der Waals surface area contributed by atoms with Crippen molar-refractivity contribution in [2.24, 2.45) is 0 Å². The number of carbonyl (C=O) groups is 1. The number of carbonyl (C=O) groups excluding carboxylic acids is 1. The van der Waals surface area contributed by atoms with Gasteiger partial charge < -0.3 is 10.1 Å². The number of rotatable bonds is 7. The normalized spacial score (nSPS) is 13.8. The number of ether oxygens (including phenoxy) is 1. The lowest BCUT2D eigenvalue weighted by atomic mass is 10.1. The molecule has 1 aliphatic carbocycles. The molecule has 0 bridgehead atoms. The molecule has 25 heavy (non-hydrogen) atoms. The number of aryl methyl sites for hydroxylation is 1. The Labute approximate surface area is 149 Å². The lowest BCUT2D eigenvalue weighted by Crippen LogP contribution is -2.34. The maximum Gasteiger partial charge on any atom is 0.238 e. The second-order valence-electron chi connectivity index (χ2n) is 6.78. The summed E-state index contributed by atoms with van der Waals surface area (Å²) in [5.41, 5.74) is 4.43. The Morgan fingerprint density at radius 3 is 2.52 bits per heavy atom. The van der Waals surface area contributed by atoms with Crippen molar-refractivity contribution in [2.75, 3.05) is 19.0 Å². The van der Waals surface area contributed by atoms with Crippen LogP contribution in [0.3, 0.4) is 0 Å². The Hall–Kier alpha value is -2.33. The molecule has 4 heteroatoms. The van der Waals surface area contributed by atoms with Crippen molar-refractivity contribution in [1.29, 1.82) is 0 Å². The Bertz CT molecular complexity index is 736. The number of benzene rings is 2. The van der Waals surface area contributed by atoms with E-state index in [4.69, 9.17) is 4.74 Å². The van der Waals surface area contributed by atoms with Crippen LogP contribution < -0.4 is 10.1 Å². The van der Waals surface area contributed by atoms with Crippen LogP contribution in [0, 0.1) is 13.8 Å². The van der Waals surface area contributed by atoms with E-state index in [0.29, 0.717) is 12.6 Å². The van der Waals surface area contributed by atoms with Gasteiger partial charge in [0.25, 0.3) is 0 Å². The van der Waals surface area contributed by atoms with Crippen LogP contribution in [0.15, 0.2) is 42.5 Å². The standard InChI is InChI=1S/C21H26N2O2/c1-15-5-4-6-20(16(15)2)22-21(24)14-23(18-9-10-18)13-17-7-11-19(25-3)12-8-17/h4-8,11-12,18H,9-10,13-14H2,1-3H3,(H,22,24). The molecule has 2 aromatic carbocycles. The second-order valence-corrected chi connectivity index (χ2v) is 6.78. The predicted octanol–water partition coefficient (Wildman–Crippen LogP) is 3.92. The molecule has 0 radical (unpaired) electrons. The first-order valence-electron chi connectivity index (χ1n) is 8.80. The molecule has 0 aromatic heterocycles. The van der Waals surface area contributed by atoms with E-state index >= 15 is 0 Å². The van der Waals surface area contributed by atoms with Crippen LogP contribution in [-0.2, 0) is 11.3 Å². The van der Waals surface area contributed by atoms with E-state index in [9.17, 15) is 4.79 Å². The van der Waals surface area contributed by atoms with Gasteiger partial charge in [0.2, 0.25) is 5.91 Å². The maximum atomic E-state index is 12.5. The Kier molecular flexibility index (Phi) is 5.39. The van der Waals surface area contributed by atoms with Gasteiger partial charge >= 0.3 is 0 Å². The monoisotopic (exact) mass is 338 g/mol. The maximum absolute atomic E-state index is 12.5. The number of nitrogens with zero attached hydrogens (tertiary/aromatic N) is 1. The molecule has 1 aliphatic rings. The molecule has 0 aliphatic heterocycles. The lowest BCUT2D eigenvalue weighted by molar-refractivity contribution is -0.117. The van der Waals surface area contributed by atoms with E-state index in [0.717, 1.165) is 23.5 Å². The fraction of sp³-hybridized carbons (Fsp3) is 0.381. The van der Waals surface area contributed by atoms with Gasteiger partial charge in [0, 0.05) is 18.3 Å². The summed E-state index contributed by atoms with van der Waals surface area (Å²) < 4.78 is 5.21. The molecule has 1 saturated carbocycles. The van der Waals surface area contributed by atoms with Gasteiger partial charge in [-0.15, -0.1) is 0 Å². The summed E-state index contributed by atoms with van der Waals surface area (Å²) in [7, 11) is 1.67.